The molecule has 0 bridgehead atoms. The second-order valence-electron chi connectivity index (χ2n) is 9.65. The highest BCUT2D eigenvalue weighted by molar-refractivity contribution is 6.34. The summed E-state index contributed by atoms with van der Waals surface area (Å²) in [7, 11) is 0. The lowest BCUT2D eigenvalue weighted by Gasteiger charge is -2.23. The van der Waals surface area contributed by atoms with Crippen LogP contribution in [0.5, 0.6) is 0 Å². The van der Waals surface area contributed by atoms with Gasteiger partial charge in [0.2, 0.25) is 0 Å². The number of nitrogens with one attached hydrogen (secondary N) is 1. The molecule has 0 saturated heterocycles. The van der Waals surface area contributed by atoms with Crippen LogP contribution in [-0.2, 0) is 0 Å². The Morgan fingerprint density at radius 2 is 1.64 bits per heavy atom. The number of anilines is 1. The first-order valence-corrected chi connectivity index (χ1v) is 12.3. The van der Waals surface area contributed by atoms with E-state index in [1.807, 2.05) is 6.07 Å². The fraction of sp³-hybridized carbons (Fsp3) is 0.0312. The van der Waals surface area contributed by atoms with Crippen molar-refractivity contribution in [2.75, 3.05) is 5.32 Å². The number of allylic oxidation sites excluding steroid dienone is 2. The predicted octanol–water partition coefficient (Wildman–Crippen LogP) is 8.24. The van der Waals surface area contributed by atoms with Gasteiger partial charge in [0.05, 0.1) is 28.5 Å². The van der Waals surface area contributed by atoms with Crippen LogP contribution in [0.3, 0.4) is 0 Å². The maximum absolute atomic E-state index is 6.43. The Balaban J connectivity index is 1.51. The summed E-state index contributed by atoms with van der Waals surface area (Å²) in [6, 6.07) is 28.0. The largest absolute Gasteiger partial charge is 0.456 e. The van der Waals surface area contributed by atoms with Gasteiger partial charge >= 0.3 is 0 Å². The van der Waals surface area contributed by atoms with E-state index < -0.39 is 0 Å². The third-order valence-electron chi connectivity index (χ3n) is 7.72. The van der Waals surface area contributed by atoms with Gasteiger partial charge < -0.3 is 9.73 Å². The zero-order chi connectivity index (χ0) is 23.4. The second kappa shape index (κ2) is 6.43. The third-order valence-corrected chi connectivity index (χ3v) is 7.72. The van der Waals surface area contributed by atoms with Crippen LogP contribution in [0.4, 0.5) is 11.5 Å². The fourth-order valence-corrected chi connectivity index (χ4v) is 6.16. The summed E-state index contributed by atoms with van der Waals surface area (Å²) in [5, 5.41) is 9.67. The van der Waals surface area contributed by atoms with Crippen molar-refractivity contribution in [2.24, 2.45) is 4.99 Å². The normalized spacial score (nSPS) is 16.8. The van der Waals surface area contributed by atoms with Gasteiger partial charge in [-0.05, 0) is 41.5 Å². The Hall–Kier alpha value is -4.83. The monoisotopic (exact) mass is 461 g/mol. The standard InChI is InChI=1S/C32H19N3O/c1-2-8-18(9-3-1)19-14-15-25-21(16-19)29-28-20-10-4-7-13-26(20)36-27(28)17-22-30-32(35(25)31(22)29)34-24-12-6-5-11-23(24)33-30/h1-17,23,33H. The molecule has 1 atom stereocenters. The van der Waals surface area contributed by atoms with Crippen molar-refractivity contribution in [2.45, 2.75) is 6.04 Å². The number of benzene rings is 4. The molecule has 2 aliphatic rings. The SMILES string of the molecule is C1=CC2=Nc3c(c4cc5oc6ccccc6c5c5c6cc(-c7ccccc7)ccc6n3c45)NC2C=C1. The Bertz CT molecular complexity index is 2120. The van der Waals surface area contributed by atoms with E-state index in [1.165, 1.54) is 32.8 Å². The van der Waals surface area contributed by atoms with Crippen molar-refractivity contribution in [3.8, 4) is 11.1 Å². The van der Waals surface area contributed by atoms with Crippen molar-refractivity contribution in [3.05, 3.63) is 103 Å². The molecule has 1 unspecified atom stereocenters. The summed E-state index contributed by atoms with van der Waals surface area (Å²) in [4.78, 5) is 5.17. The van der Waals surface area contributed by atoms with Crippen molar-refractivity contribution in [3.63, 3.8) is 0 Å². The maximum Gasteiger partial charge on any atom is 0.162 e. The molecule has 7 aromatic rings. The molecule has 4 heteroatoms. The minimum atomic E-state index is 0.0794. The minimum Gasteiger partial charge on any atom is -0.456 e. The Kier molecular flexibility index (Phi) is 3.30. The van der Waals surface area contributed by atoms with Gasteiger partial charge in [-0.3, -0.25) is 4.40 Å². The van der Waals surface area contributed by atoms with Gasteiger partial charge in [0.15, 0.2) is 5.82 Å². The number of nitrogens with zero attached hydrogens (tertiary/aromatic N) is 2. The van der Waals surface area contributed by atoms with Gasteiger partial charge in [0, 0.05) is 26.9 Å². The molecule has 0 radical (unpaired) electrons. The Morgan fingerprint density at radius 1 is 0.750 bits per heavy atom. The number of furan rings is 1. The van der Waals surface area contributed by atoms with Gasteiger partial charge in [0.25, 0.3) is 0 Å². The number of hydrogen-bond acceptors (Lipinski definition) is 3. The molecule has 0 spiro atoms. The number of para-hydroxylation sites is 1. The average Bonchev–Trinajstić information content (AvgIpc) is 3.57. The number of rotatable bonds is 1. The molecule has 9 rings (SSSR count). The zero-order valence-electron chi connectivity index (χ0n) is 19.2. The third kappa shape index (κ3) is 2.22. The van der Waals surface area contributed by atoms with E-state index in [2.05, 4.69) is 107 Å². The highest BCUT2D eigenvalue weighted by Gasteiger charge is 2.30. The van der Waals surface area contributed by atoms with E-state index in [1.54, 1.807) is 0 Å². The summed E-state index contributed by atoms with van der Waals surface area (Å²) in [6.45, 7) is 0. The van der Waals surface area contributed by atoms with Crippen LogP contribution in [-0.4, -0.2) is 16.2 Å². The van der Waals surface area contributed by atoms with Crippen molar-refractivity contribution in [1.82, 2.24) is 4.40 Å². The highest BCUT2D eigenvalue weighted by atomic mass is 16.3. The summed E-state index contributed by atoms with van der Waals surface area (Å²) in [5.74, 6) is 0.959. The molecule has 4 aromatic carbocycles. The van der Waals surface area contributed by atoms with E-state index in [0.29, 0.717) is 0 Å². The fourth-order valence-electron chi connectivity index (χ4n) is 6.16. The highest BCUT2D eigenvalue weighted by Crippen LogP contribution is 2.50. The first-order valence-electron chi connectivity index (χ1n) is 12.3. The molecule has 36 heavy (non-hydrogen) atoms. The minimum absolute atomic E-state index is 0.0794. The molecule has 4 heterocycles. The molecule has 168 valence electrons. The predicted molar refractivity (Wildman–Crippen MR) is 149 cm³/mol. The first-order chi connectivity index (χ1) is 17.8. The molecule has 0 saturated carbocycles. The van der Waals surface area contributed by atoms with Gasteiger partial charge in [-0.15, -0.1) is 0 Å². The van der Waals surface area contributed by atoms with E-state index in [4.69, 9.17) is 9.41 Å². The van der Waals surface area contributed by atoms with Gasteiger partial charge in [-0.1, -0.05) is 72.8 Å². The maximum atomic E-state index is 6.43. The average molecular weight is 462 g/mol. The Morgan fingerprint density at radius 3 is 2.58 bits per heavy atom. The lowest BCUT2D eigenvalue weighted by Crippen LogP contribution is -2.29. The van der Waals surface area contributed by atoms with Crippen LogP contribution < -0.4 is 5.32 Å². The summed E-state index contributed by atoms with van der Waals surface area (Å²) in [5.41, 5.74) is 8.70. The van der Waals surface area contributed by atoms with Crippen LogP contribution in [0.15, 0.2) is 113 Å². The van der Waals surface area contributed by atoms with Crippen molar-refractivity contribution < 1.29 is 4.42 Å². The lowest BCUT2D eigenvalue weighted by molar-refractivity contribution is 0.669. The van der Waals surface area contributed by atoms with Crippen LogP contribution in [0, 0.1) is 0 Å². The van der Waals surface area contributed by atoms with Gasteiger partial charge in [-0.2, -0.15) is 0 Å². The molecule has 0 amide bonds. The quantitative estimate of drug-likeness (QED) is 0.267. The molecule has 3 aromatic heterocycles. The van der Waals surface area contributed by atoms with Crippen LogP contribution in [0.2, 0.25) is 0 Å². The van der Waals surface area contributed by atoms with E-state index >= 15 is 0 Å². The first kappa shape index (κ1) is 18.5. The number of aromatic nitrogens is 1. The smallest absolute Gasteiger partial charge is 0.162 e. The summed E-state index contributed by atoms with van der Waals surface area (Å²) in [6.07, 6.45) is 8.40. The topological polar surface area (TPSA) is 41.9 Å². The van der Waals surface area contributed by atoms with Crippen LogP contribution in [0.25, 0.3) is 60.3 Å². The Labute approximate surface area is 205 Å². The van der Waals surface area contributed by atoms with Gasteiger partial charge in [-0.25, -0.2) is 4.99 Å². The molecule has 1 aliphatic carbocycles. The lowest BCUT2D eigenvalue weighted by atomic mass is 9.99. The van der Waals surface area contributed by atoms with E-state index in [9.17, 15) is 0 Å². The second-order valence-corrected chi connectivity index (χ2v) is 9.65. The number of aliphatic imine (C=N–C) groups is 1. The summed E-state index contributed by atoms with van der Waals surface area (Å²) < 4.78 is 8.77. The van der Waals surface area contributed by atoms with Crippen molar-refractivity contribution >= 4 is 66.3 Å². The van der Waals surface area contributed by atoms with E-state index in [0.717, 1.165) is 44.7 Å². The molecular formula is C32H19N3O. The molecular weight excluding hydrogens is 442 g/mol. The summed E-state index contributed by atoms with van der Waals surface area (Å²) >= 11 is 0. The van der Waals surface area contributed by atoms with Crippen LogP contribution >= 0.6 is 0 Å². The van der Waals surface area contributed by atoms with Gasteiger partial charge in [0.1, 0.15) is 11.2 Å². The van der Waals surface area contributed by atoms with E-state index in [-0.39, 0.29) is 6.04 Å². The molecule has 4 nitrogen and oxygen atoms in total. The van der Waals surface area contributed by atoms with Crippen molar-refractivity contribution in [1.29, 1.82) is 0 Å². The molecule has 0 fully saturated rings. The van der Waals surface area contributed by atoms with Crippen LogP contribution in [0.1, 0.15) is 0 Å². The molecule has 1 aliphatic heterocycles. The zero-order valence-corrected chi connectivity index (χ0v) is 19.2. The number of fused-ring (bicyclic) bond motifs is 11. The number of hydrogen-bond donors (Lipinski definition) is 1. The molecule has 1 N–H and O–H groups in total.